The Bertz CT molecular complexity index is 1110. The minimum Gasteiger partial charge on any atom is -0.219 e. The zero-order valence-electron chi connectivity index (χ0n) is 17.6. The van der Waals surface area contributed by atoms with Crippen molar-refractivity contribution in [1.82, 2.24) is 4.57 Å². The summed E-state index contributed by atoms with van der Waals surface area (Å²) in [6.07, 6.45) is 11.7. The Balaban J connectivity index is 1.88. The molecule has 0 spiro atoms. The Hall–Kier alpha value is -2.61. The molecule has 0 N–H and O–H groups in total. The van der Waals surface area contributed by atoms with Crippen LogP contribution in [0, 0.1) is 20.8 Å². The van der Waals surface area contributed by atoms with E-state index in [1.54, 1.807) is 0 Å². The minimum absolute atomic E-state index is 0.0309. The number of aromatic nitrogens is 2. The number of benzene rings is 2. The van der Waals surface area contributed by atoms with Crippen LogP contribution in [0.5, 0.6) is 0 Å². The van der Waals surface area contributed by atoms with E-state index in [9.17, 15) is 0 Å². The first-order valence-electron chi connectivity index (χ1n) is 10.5. The Morgan fingerprint density at radius 2 is 1.64 bits per heavy atom. The maximum absolute atomic E-state index is 2.55. The van der Waals surface area contributed by atoms with Gasteiger partial charge in [0.2, 0.25) is 0 Å². The Morgan fingerprint density at radius 3 is 2.25 bits per heavy atom. The van der Waals surface area contributed by atoms with Gasteiger partial charge in [0.25, 0.3) is 5.82 Å². The maximum atomic E-state index is 2.55. The number of imidazole rings is 1. The molecule has 28 heavy (non-hydrogen) atoms. The largest absolute Gasteiger partial charge is 0.295 e. The Labute approximate surface area is 168 Å². The first-order valence-corrected chi connectivity index (χ1v) is 10.5. The van der Waals surface area contributed by atoms with Crippen molar-refractivity contribution < 1.29 is 4.57 Å². The van der Waals surface area contributed by atoms with Gasteiger partial charge >= 0.3 is 0 Å². The van der Waals surface area contributed by atoms with E-state index in [0.717, 1.165) is 12.8 Å². The van der Waals surface area contributed by atoms with Gasteiger partial charge in [0.1, 0.15) is 23.6 Å². The molecule has 5 rings (SSSR count). The number of hydrogen-bond donors (Lipinski definition) is 0. The molecule has 0 saturated heterocycles. The number of nitrogens with zero attached hydrogens (tertiary/aromatic N) is 2. The number of fused-ring (bicyclic) bond motifs is 6. The van der Waals surface area contributed by atoms with E-state index in [1.807, 2.05) is 0 Å². The third kappa shape index (κ3) is 1.86. The average molecular weight is 370 g/mol. The third-order valence-electron chi connectivity index (χ3n) is 7.29. The molecule has 2 aliphatic rings. The number of rotatable bonds is 3. The smallest absolute Gasteiger partial charge is 0.219 e. The van der Waals surface area contributed by atoms with Crippen LogP contribution in [0.3, 0.4) is 0 Å². The van der Waals surface area contributed by atoms with Crippen molar-refractivity contribution in [3.63, 3.8) is 0 Å². The monoisotopic (exact) mass is 369 g/mol. The summed E-state index contributed by atoms with van der Waals surface area (Å²) in [7, 11) is 0. The SMILES string of the molecule is CCC12C=CC1(CC)[n+]1ccn(-c3c(C)cc(C)cc3C)c1-c1ccccc12. The normalized spacial score (nSPS) is 24.3. The van der Waals surface area contributed by atoms with Gasteiger partial charge in [0.15, 0.2) is 0 Å². The second-order valence-electron chi connectivity index (χ2n) is 8.59. The molecule has 2 atom stereocenters. The van der Waals surface area contributed by atoms with Gasteiger partial charge in [-0.3, -0.25) is 0 Å². The number of allylic oxidation sites excluding steroid dienone is 2. The molecule has 0 radical (unpaired) electrons. The van der Waals surface area contributed by atoms with Crippen molar-refractivity contribution in [3.05, 3.63) is 83.2 Å². The number of hydrogen-bond acceptors (Lipinski definition) is 0. The summed E-state index contributed by atoms with van der Waals surface area (Å²) < 4.78 is 4.98. The fourth-order valence-corrected chi connectivity index (χ4v) is 6.09. The summed E-state index contributed by atoms with van der Waals surface area (Å²) in [5.41, 5.74) is 8.26. The molecule has 2 nitrogen and oxygen atoms in total. The third-order valence-corrected chi connectivity index (χ3v) is 7.29. The van der Waals surface area contributed by atoms with Gasteiger partial charge in [-0.25, -0.2) is 4.57 Å². The average Bonchev–Trinajstić information content (AvgIpc) is 3.07. The van der Waals surface area contributed by atoms with Gasteiger partial charge < -0.3 is 0 Å². The molecule has 0 saturated carbocycles. The van der Waals surface area contributed by atoms with Gasteiger partial charge in [0, 0.05) is 0 Å². The van der Waals surface area contributed by atoms with Crippen LogP contribution >= 0.6 is 0 Å². The van der Waals surface area contributed by atoms with Crippen molar-refractivity contribution >= 4 is 0 Å². The van der Waals surface area contributed by atoms with E-state index in [2.05, 4.69) is 105 Å². The van der Waals surface area contributed by atoms with Crippen molar-refractivity contribution in [2.75, 3.05) is 0 Å². The standard InChI is InChI=1S/C26H29N2/c1-6-25-12-13-26(25,7-2)28-15-14-27(23-19(4)16-18(3)17-20(23)5)24(28)21-10-8-9-11-22(21)25/h8-17H,6-7H2,1-5H3/q+1. The Morgan fingerprint density at radius 1 is 0.929 bits per heavy atom. The summed E-state index contributed by atoms with van der Waals surface area (Å²) in [4.78, 5) is 0. The zero-order valence-corrected chi connectivity index (χ0v) is 17.6. The van der Waals surface area contributed by atoms with Gasteiger partial charge in [-0.2, -0.15) is 4.57 Å². The first kappa shape index (κ1) is 17.5. The van der Waals surface area contributed by atoms with Gasteiger partial charge in [-0.15, -0.1) is 0 Å². The fourth-order valence-electron chi connectivity index (χ4n) is 6.09. The summed E-state index contributed by atoms with van der Waals surface area (Å²) in [6, 6.07) is 13.6. The highest BCUT2D eigenvalue weighted by Gasteiger charge is 2.62. The van der Waals surface area contributed by atoms with E-state index in [1.165, 1.54) is 39.3 Å². The molecule has 2 aromatic carbocycles. The molecule has 2 heteroatoms. The molecule has 0 amide bonds. The summed E-state index contributed by atoms with van der Waals surface area (Å²) in [5.74, 6) is 1.31. The molecule has 3 aromatic rings. The molecule has 0 bridgehead atoms. The van der Waals surface area contributed by atoms with E-state index < -0.39 is 0 Å². The van der Waals surface area contributed by atoms with Crippen molar-refractivity contribution in [2.45, 2.75) is 58.4 Å². The van der Waals surface area contributed by atoms with E-state index >= 15 is 0 Å². The quantitative estimate of drug-likeness (QED) is 0.414. The summed E-state index contributed by atoms with van der Waals surface area (Å²) >= 11 is 0. The highest BCUT2D eigenvalue weighted by atomic mass is 15.2. The second-order valence-corrected chi connectivity index (χ2v) is 8.59. The van der Waals surface area contributed by atoms with Gasteiger partial charge in [-0.1, -0.05) is 55.8 Å². The molecular formula is C26H29N2+. The molecule has 2 unspecified atom stereocenters. The van der Waals surface area contributed by atoms with Gasteiger partial charge in [0.05, 0.1) is 11.0 Å². The van der Waals surface area contributed by atoms with Crippen molar-refractivity contribution in [1.29, 1.82) is 0 Å². The molecule has 1 aliphatic carbocycles. The second kappa shape index (κ2) is 5.70. The topological polar surface area (TPSA) is 8.81 Å². The van der Waals surface area contributed by atoms with E-state index in [-0.39, 0.29) is 11.0 Å². The lowest BCUT2D eigenvalue weighted by molar-refractivity contribution is -0.758. The highest BCUT2D eigenvalue weighted by Crippen LogP contribution is 2.57. The summed E-state index contributed by atoms with van der Waals surface area (Å²) in [6.45, 7) is 11.3. The number of aryl methyl sites for hydroxylation is 3. The first-order chi connectivity index (χ1) is 13.5. The van der Waals surface area contributed by atoms with E-state index in [0.29, 0.717) is 0 Å². The predicted octanol–water partition coefficient (Wildman–Crippen LogP) is 5.69. The van der Waals surface area contributed by atoms with Crippen LogP contribution in [-0.4, -0.2) is 4.57 Å². The van der Waals surface area contributed by atoms with E-state index in [4.69, 9.17) is 0 Å². The highest BCUT2D eigenvalue weighted by molar-refractivity contribution is 5.69. The lowest BCUT2D eigenvalue weighted by Gasteiger charge is -2.54. The Kier molecular flexibility index (Phi) is 3.56. The molecule has 0 fully saturated rings. The van der Waals surface area contributed by atoms with Crippen LogP contribution in [-0.2, 0) is 11.0 Å². The van der Waals surface area contributed by atoms with Crippen LogP contribution in [0.15, 0.2) is 60.9 Å². The minimum atomic E-state index is 0.0309. The maximum Gasteiger partial charge on any atom is 0.295 e. The molecular weight excluding hydrogens is 340 g/mol. The van der Waals surface area contributed by atoms with Crippen LogP contribution in [0.2, 0.25) is 0 Å². The van der Waals surface area contributed by atoms with Gasteiger partial charge in [-0.05, 0) is 62.4 Å². The van der Waals surface area contributed by atoms with Crippen LogP contribution in [0.25, 0.3) is 17.1 Å². The van der Waals surface area contributed by atoms with Crippen molar-refractivity contribution in [3.8, 4) is 17.1 Å². The van der Waals surface area contributed by atoms with Crippen molar-refractivity contribution in [2.24, 2.45) is 0 Å². The van der Waals surface area contributed by atoms with Crippen LogP contribution < -0.4 is 4.57 Å². The molecule has 2 heterocycles. The lowest BCUT2D eigenvalue weighted by atomic mass is 9.53. The molecule has 1 aromatic heterocycles. The van der Waals surface area contributed by atoms with Crippen LogP contribution in [0.4, 0.5) is 0 Å². The summed E-state index contributed by atoms with van der Waals surface area (Å²) in [5, 5.41) is 0. The molecule has 142 valence electrons. The van der Waals surface area contributed by atoms with Crippen LogP contribution in [0.1, 0.15) is 48.9 Å². The predicted molar refractivity (Wildman–Crippen MR) is 115 cm³/mol. The molecule has 1 aliphatic heterocycles. The fraction of sp³-hybridized carbons (Fsp3) is 0.346. The lowest BCUT2D eigenvalue weighted by Crippen LogP contribution is -2.71. The zero-order chi connectivity index (χ0) is 19.7.